The normalized spacial score (nSPS) is 12.0. The van der Waals surface area contributed by atoms with Gasteiger partial charge in [-0.3, -0.25) is 4.79 Å². The highest BCUT2D eigenvalue weighted by atomic mass is 35.5. The van der Waals surface area contributed by atoms with Crippen LogP contribution in [0.2, 0.25) is 5.02 Å². The van der Waals surface area contributed by atoms with Crippen LogP contribution in [0.3, 0.4) is 0 Å². The zero-order chi connectivity index (χ0) is 22.2. The van der Waals surface area contributed by atoms with Crippen molar-refractivity contribution in [3.05, 3.63) is 58.4 Å². The molecular formula is C21H25ClN4O3S. The molecule has 0 spiro atoms. The summed E-state index contributed by atoms with van der Waals surface area (Å²) in [5, 5.41) is 0.491. The Morgan fingerprint density at radius 1 is 1.13 bits per heavy atom. The molecule has 0 unspecified atom stereocenters. The molecule has 160 valence electrons. The topological polar surface area (TPSA) is 75.5 Å². The lowest BCUT2D eigenvalue weighted by Gasteiger charge is -2.19. The van der Waals surface area contributed by atoms with E-state index in [2.05, 4.69) is 4.98 Å². The highest BCUT2D eigenvalue weighted by molar-refractivity contribution is 7.89. The van der Waals surface area contributed by atoms with Crippen molar-refractivity contribution in [1.82, 2.24) is 18.8 Å². The Balaban J connectivity index is 1.98. The van der Waals surface area contributed by atoms with E-state index in [0.29, 0.717) is 34.0 Å². The Hall–Kier alpha value is -2.42. The summed E-state index contributed by atoms with van der Waals surface area (Å²) >= 11 is 5.97. The average molecular weight is 449 g/mol. The third-order valence-corrected chi connectivity index (χ3v) is 7.18. The van der Waals surface area contributed by atoms with Crippen LogP contribution in [0.4, 0.5) is 0 Å². The first-order valence-electron chi connectivity index (χ1n) is 9.49. The second kappa shape index (κ2) is 8.37. The number of rotatable bonds is 6. The number of hydrogen-bond acceptors (Lipinski definition) is 4. The number of benzene rings is 2. The number of sulfonamides is 1. The van der Waals surface area contributed by atoms with Crippen LogP contribution in [0.15, 0.2) is 41.3 Å². The molecule has 0 radical (unpaired) electrons. The summed E-state index contributed by atoms with van der Waals surface area (Å²) in [4.78, 5) is 18.6. The van der Waals surface area contributed by atoms with Gasteiger partial charge in [-0.1, -0.05) is 11.6 Å². The number of amides is 1. The van der Waals surface area contributed by atoms with Gasteiger partial charge in [-0.15, -0.1) is 0 Å². The van der Waals surface area contributed by atoms with Crippen molar-refractivity contribution in [3.8, 4) is 0 Å². The molecular weight excluding hydrogens is 424 g/mol. The number of halogens is 1. The average Bonchev–Trinajstić information content (AvgIpc) is 3.02. The molecule has 0 saturated heterocycles. The number of nitrogens with zero attached hydrogens (tertiary/aromatic N) is 4. The molecule has 7 nitrogen and oxygen atoms in total. The summed E-state index contributed by atoms with van der Waals surface area (Å²) in [7, 11) is 1.20. The minimum atomic E-state index is -3.72. The first kappa shape index (κ1) is 22.3. The van der Waals surface area contributed by atoms with E-state index >= 15 is 0 Å². The van der Waals surface area contributed by atoms with Crippen molar-refractivity contribution >= 4 is 38.6 Å². The van der Waals surface area contributed by atoms with Crippen LogP contribution in [0.25, 0.3) is 11.0 Å². The predicted octanol–water partition coefficient (Wildman–Crippen LogP) is 3.54. The van der Waals surface area contributed by atoms with E-state index in [4.69, 9.17) is 11.6 Å². The maximum absolute atomic E-state index is 13.1. The Kier molecular flexibility index (Phi) is 6.21. The van der Waals surface area contributed by atoms with Crippen LogP contribution in [0.1, 0.15) is 28.7 Å². The van der Waals surface area contributed by atoms with Gasteiger partial charge in [0, 0.05) is 38.3 Å². The molecule has 3 rings (SSSR count). The zero-order valence-electron chi connectivity index (χ0n) is 17.7. The number of hydrogen-bond donors (Lipinski definition) is 0. The second-order valence-corrected chi connectivity index (χ2v) is 9.80. The maximum Gasteiger partial charge on any atom is 0.253 e. The summed E-state index contributed by atoms with van der Waals surface area (Å²) in [6.45, 7) is 4.42. The Labute approximate surface area is 181 Å². The first-order valence-corrected chi connectivity index (χ1v) is 11.3. The fourth-order valence-corrected chi connectivity index (χ4v) is 4.95. The van der Waals surface area contributed by atoms with Crippen LogP contribution in [0, 0.1) is 6.92 Å². The Morgan fingerprint density at radius 3 is 2.43 bits per heavy atom. The van der Waals surface area contributed by atoms with Crippen molar-refractivity contribution in [2.75, 3.05) is 21.1 Å². The third-order valence-electron chi connectivity index (χ3n) is 4.99. The summed E-state index contributed by atoms with van der Waals surface area (Å²) in [5.41, 5.74) is 2.65. The van der Waals surface area contributed by atoms with Gasteiger partial charge in [-0.25, -0.2) is 13.4 Å². The number of fused-ring (bicyclic) bond motifs is 1. The molecule has 1 amide bonds. The summed E-state index contributed by atoms with van der Waals surface area (Å²) in [6.07, 6.45) is 0. The molecule has 9 heteroatoms. The lowest BCUT2D eigenvalue weighted by Crippen LogP contribution is -2.28. The third kappa shape index (κ3) is 4.08. The first-order chi connectivity index (χ1) is 14.1. The van der Waals surface area contributed by atoms with Gasteiger partial charge < -0.3 is 9.47 Å². The lowest BCUT2D eigenvalue weighted by atomic mass is 10.2. The number of aromatic nitrogens is 2. The van der Waals surface area contributed by atoms with Gasteiger partial charge in [0.25, 0.3) is 5.91 Å². The van der Waals surface area contributed by atoms with Crippen LogP contribution in [-0.4, -0.2) is 54.2 Å². The Morgan fingerprint density at radius 2 is 1.83 bits per heavy atom. The summed E-state index contributed by atoms with van der Waals surface area (Å²) in [6, 6.07) is 10.1. The molecule has 3 aromatic rings. The molecule has 0 aliphatic heterocycles. The summed E-state index contributed by atoms with van der Waals surface area (Å²) < 4.78 is 29.4. The number of carbonyl (C=O) groups is 1. The van der Waals surface area contributed by atoms with E-state index in [0.717, 1.165) is 5.52 Å². The van der Waals surface area contributed by atoms with Gasteiger partial charge in [0.1, 0.15) is 5.82 Å². The summed E-state index contributed by atoms with van der Waals surface area (Å²) in [5.74, 6) is 0.502. The predicted molar refractivity (Wildman–Crippen MR) is 118 cm³/mol. The standard InChI is InChI=1S/C21H25ClN4O3S/c1-6-26-18-9-7-15(21(27)24(3)4)12-17(18)23-20(26)13-25(5)30(28,29)19-10-8-16(22)11-14(19)2/h7-12H,6,13H2,1-5H3. The highest BCUT2D eigenvalue weighted by Gasteiger charge is 2.25. The van der Waals surface area contributed by atoms with Gasteiger partial charge in [-0.2, -0.15) is 4.31 Å². The van der Waals surface area contributed by atoms with Gasteiger partial charge in [0.05, 0.1) is 22.5 Å². The van der Waals surface area contributed by atoms with Crippen LogP contribution >= 0.6 is 11.6 Å². The number of carbonyl (C=O) groups excluding carboxylic acids is 1. The molecule has 30 heavy (non-hydrogen) atoms. The van der Waals surface area contributed by atoms with Gasteiger partial charge >= 0.3 is 0 Å². The fourth-order valence-electron chi connectivity index (χ4n) is 3.40. The molecule has 1 heterocycles. The van der Waals surface area contributed by atoms with Crippen molar-refractivity contribution in [1.29, 1.82) is 0 Å². The quantitative estimate of drug-likeness (QED) is 0.578. The van der Waals surface area contributed by atoms with Gasteiger partial charge in [0.2, 0.25) is 10.0 Å². The molecule has 0 N–H and O–H groups in total. The van der Waals surface area contributed by atoms with E-state index in [1.807, 2.05) is 17.6 Å². The van der Waals surface area contributed by atoms with E-state index < -0.39 is 10.0 Å². The second-order valence-electron chi connectivity index (χ2n) is 7.35. The van der Waals surface area contributed by atoms with Crippen molar-refractivity contribution in [2.24, 2.45) is 0 Å². The van der Waals surface area contributed by atoms with Crippen LogP contribution in [0.5, 0.6) is 0 Å². The van der Waals surface area contributed by atoms with Crippen molar-refractivity contribution < 1.29 is 13.2 Å². The van der Waals surface area contributed by atoms with E-state index in [1.54, 1.807) is 45.3 Å². The van der Waals surface area contributed by atoms with Gasteiger partial charge in [-0.05, 0) is 55.8 Å². The van der Waals surface area contributed by atoms with Crippen LogP contribution < -0.4 is 0 Å². The zero-order valence-corrected chi connectivity index (χ0v) is 19.3. The molecule has 1 aromatic heterocycles. The van der Waals surface area contributed by atoms with E-state index in [1.165, 1.54) is 22.3 Å². The molecule has 0 bridgehead atoms. The van der Waals surface area contributed by atoms with E-state index in [-0.39, 0.29) is 17.3 Å². The van der Waals surface area contributed by atoms with Crippen LogP contribution in [-0.2, 0) is 23.1 Å². The molecule has 0 saturated carbocycles. The number of imidazole rings is 1. The largest absolute Gasteiger partial charge is 0.345 e. The number of aryl methyl sites for hydroxylation is 2. The molecule has 0 fully saturated rings. The van der Waals surface area contributed by atoms with Gasteiger partial charge in [0.15, 0.2) is 0 Å². The molecule has 2 aromatic carbocycles. The molecule has 0 aliphatic rings. The molecule has 0 atom stereocenters. The lowest BCUT2D eigenvalue weighted by molar-refractivity contribution is 0.0827. The Bertz CT molecular complexity index is 1220. The fraction of sp³-hybridized carbons (Fsp3) is 0.333. The van der Waals surface area contributed by atoms with Crippen molar-refractivity contribution in [2.45, 2.75) is 31.8 Å². The minimum Gasteiger partial charge on any atom is -0.345 e. The smallest absolute Gasteiger partial charge is 0.253 e. The minimum absolute atomic E-state index is 0.101. The highest BCUT2D eigenvalue weighted by Crippen LogP contribution is 2.25. The SMILES string of the molecule is CCn1c(CN(C)S(=O)(=O)c2ccc(Cl)cc2C)nc2cc(C(=O)N(C)C)ccc21. The molecule has 0 aliphatic carbocycles. The van der Waals surface area contributed by atoms with E-state index in [9.17, 15) is 13.2 Å². The monoisotopic (exact) mass is 448 g/mol. The van der Waals surface area contributed by atoms with Crippen molar-refractivity contribution in [3.63, 3.8) is 0 Å². The maximum atomic E-state index is 13.1.